The second-order valence-corrected chi connectivity index (χ2v) is 4.75. The maximum atomic E-state index is 11.9. The molecule has 0 saturated carbocycles. The Hall–Kier alpha value is -1.50. The molecule has 17 heavy (non-hydrogen) atoms. The molecular formula is C10H14N4O2S. The van der Waals surface area contributed by atoms with E-state index in [1.807, 2.05) is 0 Å². The van der Waals surface area contributed by atoms with Gasteiger partial charge < -0.3 is 10.6 Å². The largest absolute Gasteiger partial charge is 0.354 e. The Morgan fingerprint density at radius 3 is 3.06 bits per heavy atom. The first-order valence-corrected chi connectivity index (χ1v) is 6.33. The lowest BCUT2D eigenvalue weighted by Gasteiger charge is -2.14. The summed E-state index contributed by atoms with van der Waals surface area (Å²) in [6.07, 6.45) is 2.58. The maximum Gasteiger partial charge on any atom is 0.265 e. The highest BCUT2D eigenvalue weighted by atomic mass is 32.1. The molecule has 0 spiro atoms. The van der Waals surface area contributed by atoms with Crippen LogP contribution in [0.15, 0.2) is 0 Å². The molecule has 2 rings (SSSR count). The molecule has 1 aromatic heterocycles. The third kappa shape index (κ3) is 2.79. The quantitative estimate of drug-likeness (QED) is 0.792. The van der Waals surface area contributed by atoms with E-state index in [2.05, 4.69) is 20.2 Å². The van der Waals surface area contributed by atoms with Gasteiger partial charge in [0.15, 0.2) is 0 Å². The molecule has 2 amide bonds. The molecule has 2 heterocycles. The van der Waals surface area contributed by atoms with Crippen LogP contribution in [0.2, 0.25) is 0 Å². The van der Waals surface area contributed by atoms with Crippen molar-refractivity contribution in [2.75, 3.05) is 6.54 Å². The van der Waals surface area contributed by atoms with Gasteiger partial charge in [0.05, 0.1) is 5.69 Å². The summed E-state index contributed by atoms with van der Waals surface area (Å²) >= 11 is 1.05. The summed E-state index contributed by atoms with van der Waals surface area (Å²) in [4.78, 5) is 24.0. The van der Waals surface area contributed by atoms with E-state index in [1.165, 1.54) is 0 Å². The van der Waals surface area contributed by atoms with E-state index in [0.717, 1.165) is 24.4 Å². The molecule has 92 valence electrons. The molecule has 1 unspecified atom stereocenters. The number of rotatable bonds is 2. The molecule has 6 nitrogen and oxygen atoms in total. The second kappa shape index (κ2) is 5.22. The van der Waals surface area contributed by atoms with Crippen LogP contribution in [0.5, 0.6) is 0 Å². The van der Waals surface area contributed by atoms with Crippen molar-refractivity contribution in [2.45, 2.75) is 32.2 Å². The normalized spacial score (nSPS) is 20.5. The van der Waals surface area contributed by atoms with Gasteiger partial charge in [0.25, 0.3) is 5.91 Å². The van der Waals surface area contributed by atoms with Crippen LogP contribution in [-0.4, -0.2) is 34.0 Å². The van der Waals surface area contributed by atoms with Gasteiger partial charge >= 0.3 is 0 Å². The zero-order chi connectivity index (χ0) is 12.3. The Labute approximate surface area is 103 Å². The number of carbonyl (C=O) groups is 2. The number of carbonyl (C=O) groups excluding carboxylic acids is 2. The molecular weight excluding hydrogens is 240 g/mol. The molecule has 0 aromatic carbocycles. The van der Waals surface area contributed by atoms with E-state index in [4.69, 9.17) is 0 Å². The number of aryl methyl sites for hydroxylation is 1. The second-order valence-electron chi connectivity index (χ2n) is 4.00. The highest BCUT2D eigenvalue weighted by molar-refractivity contribution is 7.08. The molecule has 1 atom stereocenters. The summed E-state index contributed by atoms with van der Waals surface area (Å²) < 4.78 is 3.70. The fourth-order valence-electron chi connectivity index (χ4n) is 1.74. The van der Waals surface area contributed by atoms with Crippen LogP contribution < -0.4 is 10.6 Å². The van der Waals surface area contributed by atoms with Gasteiger partial charge in [0.1, 0.15) is 10.9 Å². The number of nitrogens with one attached hydrogen (secondary N) is 2. The monoisotopic (exact) mass is 254 g/mol. The molecule has 0 radical (unpaired) electrons. The van der Waals surface area contributed by atoms with Crippen molar-refractivity contribution in [3.63, 3.8) is 0 Å². The third-order valence-corrected chi connectivity index (χ3v) is 3.53. The highest BCUT2D eigenvalue weighted by Gasteiger charge is 2.24. The lowest BCUT2D eigenvalue weighted by atomic mass is 10.1. The summed E-state index contributed by atoms with van der Waals surface area (Å²) in [5, 5.41) is 9.29. The van der Waals surface area contributed by atoms with E-state index < -0.39 is 6.04 Å². The van der Waals surface area contributed by atoms with Crippen molar-refractivity contribution in [3.05, 3.63) is 10.6 Å². The van der Waals surface area contributed by atoms with Crippen molar-refractivity contribution in [3.8, 4) is 0 Å². The molecule has 1 saturated heterocycles. The van der Waals surface area contributed by atoms with Gasteiger partial charge in [0.2, 0.25) is 5.91 Å². The summed E-state index contributed by atoms with van der Waals surface area (Å²) in [6, 6.07) is -0.438. The Morgan fingerprint density at radius 1 is 1.53 bits per heavy atom. The van der Waals surface area contributed by atoms with Crippen LogP contribution in [0, 0.1) is 6.92 Å². The standard InChI is InChI=1S/C10H14N4O2S/c1-6-8(17-14-13-6)10(16)12-7-4-2-3-5-11-9(7)15/h7H,2-5H2,1H3,(H,11,15)(H,12,16). The zero-order valence-electron chi connectivity index (χ0n) is 9.52. The Morgan fingerprint density at radius 2 is 2.35 bits per heavy atom. The van der Waals surface area contributed by atoms with Crippen LogP contribution >= 0.6 is 11.5 Å². The van der Waals surface area contributed by atoms with Crippen molar-refractivity contribution in [2.24, 2.45) is 0 Å². The summed E-state index contributed by atoms with van der Waals surface area (Å²) in [5.41, 5.74) is 0.599. The van der Waals surface area contributed by atoms with E-state index in [1.54, 1.807) is 6.92 Å². The van der Waals surface area contributed by atoms with Gasteiger partial charge in [-0.2, -0.15) is 0 Å². The van der Waals surface area contributed by atoms with Crippen LogP contribution in [0.25, 0.3) is 0 Å². The Balaban J connectivity index is 2.02. The van der Waals surface area contributed by atoms with Crippen molar-refractivity contribution in [1.29, 1.82) is 0 Å². The minimum atomic E-state index is -0.438. The van der Waals surface area contributed by atoms with Crippen molar-refractivity contribution >= 4 is 23.3 Å². The summed E-state index contributed by atoms with van der Waals surface area (Å²) in [6.45, 7) is 2.41. The van der Waals surface area contributed by atoms with Gasteiger partial charge in [-0.15, -0.1) is 5.10 Å². The molecule has 1 aliphatic heterocycles. The fourth-order valence-corrected chi connectivity index (χ4v) is 2.30. The lowest BCUT2D eigenvalue weighted by Crippen LogP contribution is -2.45. The topological polar surface area (TPSA) is 84.0 Å². The van der Waals surface area contributed by atoms with Crippen LogP contribution in [0.4, 0.5) is 0 Å². The molecule has 0 aliphatic carbocycles. The van der Waals surface area contributed by atoms with Crippen LogP contribution in [-0.2, 0) is 4.79 Å². The number of aromatic nitrogens is 2. The van der Waals surface area contributed by atoms with Crippen molar-refractivity contribution in [1.82, 2.24) is 20.2 Å². The van der Waals surface area contributed by atoms with Crippen molar-refractivity contribution < 1.29 is 9.59 Å². The molecule has 2 N–H and O–H groups in total. The van der Waals surface area contributed by atoms with Crippen LogP contribution in [0.3, 0.4) is 0 Å². The van der Waals surface area contributed by atoms with Gasteiger partial charge in [-0.25, -0.2) is 0 Å². The van der Waals surface area contributed by atoms with Gasteiger partial charge in [-0.1, -0.05) is 4.49 Å². The zero-order valence-corrected chi connectivity index (χ0v) is 10.3. The van der Waals surface area contributed by atoms with E-state index in [-0.39, 0.29) is 11.8 Å². The van der Waals surface area contributed by atoms with Gasteiger partial charge in [-0.05, 0) is 37.7 Å². The summed E-state index contributed by atoms with van der Waals surface area (Å²) in [7, 11) is 0. The van der Waals surface area contributed by atoms with Crippen LogP contribution in [0.1, 0.15) is 34.6 Å². The minimum absolute atomic E-state index is 0.106. The predicted molar refractivity (Wildman–Crippen MR) is 62.8 cm³/mol. The summed E-state index contributed by atoms with van der Waals surface area (Å²) in [5.74, 6) is -0.370. The van der Waals surface area contributed by atoms with E-state index >= 15 is 0 Å². The number of hydrogen-bond donors (Lipinski definition) is 2. The lowest BCUT2D eigenvalue weighted by molar-refractivity contribution is -0.122. The minimum Gasteiger partial charge on any atom is -0.354 e. The average molecular weight is 254 g/mol. The highest BCUT2D eigenvalue weighted by Crippen LogP contribution is 2.11. The Bertz CT molecular complexity index is 432. The Kier molecular flexibility index (Phi) is 3.68. The molecule has 1 fully saturated rings. The van der Waals surface area contributed by atoms with Gasteiger partial charge in [0, 0.05) is 6.54 Å². The number of hydrogen-bond acceptors (Lipinski definition) is 5. The first kappa shape index (κ1) is 12.0. The average Bonchev–Trinajstić information content (AvgIpc) is 2.63. The van der Waals surface area contributed by atoms with E-state index in [0.29, 0.717) is 23.5 Å². The fraction of sp³-hybridized carbons (Fsp3) is 0.600. The molecule has 1 aromatic rings. The first-order chi connectivity index (χ1) is 8.18. The third-order valence-electron chi connectivity index (χ3n) is 2.70. The predicted octanol–water partition coefficient (Wildman–Crippen LogP) is 0.245. The smallest absolute Gasteiger partial charge is 0.265 e. The first-order valence-electron chi connectivity index (χ1n) is 5.56. The molecule has 7 heteroatoms. The number of nitrogens with zero attached hydrogens (tertiary/aromatic N) is 2. The molecule has 1 aliphatic rings. The maximum absolute atomic E-state index is 11.9. The molecule has 0 bridgehead atoms. The van der Waals surface area contributed by atoms with E-state index in [9.17, 15) is 9.59 Å². The SMILES string of the molecule is Cc1nnsc1C(=O)NC1CCCCNC1=O. The van der Waals surface area contributed by atoms with Gasteiger partial charge in [-0.3, -0.25) is 9.59 Å². The number of amides is 2.